The summed E-state index contributed by atoms with van der Waals surface area (Å²) in [6.45, 7) is -0.234. The first-order chi connectivity index (χ1) is 9.90. The molecule has 4 nitrogen and oxygen atoms in total. The summed E-state index contributed by atoms with van der Waals surface area (Å²) in [7, 11) is 0. The van der Waals surface area contributed by atoms with Gasteiger partial charge in [-0.05, 0) is 12.8 Å². The number of carbonyl (C=O) groups excluding carboxylic acids is 2. The zero-order chi connectivity index (χ0) is 16.0. The van der Waals surface area contributed by atoms with Crippen LogP contribution < -0.4 is 4.74 Å². The van der Waals surface area contributed by atoms with Crippen LogP contribution in [0.4, 0.5) is 26.7 Å². The first kappa shape index (κ1) is 16.9. The molecule has 0 saturated heterocycles. The number of unbranched alkanes of at least 4 members (excludes halogenated alkanes) is 2. The third kappa shape index (κ3) is 4.14. The third-order valence-electron chi connectivity index (χ3n) is 2.29. The van der Waals surface area contributed by atoms with E-state index in [1.807, 2.05) is 0 Å². The molecule has 0 spiro atoms. The maximum Gasteiger partial charge on any atom is 0.514 e. The summed E-state index contributed by atoms with van der Waals surface area (Å²) >= 11 is 0. The maximum absolute atomic E-state index is 13.2. The highest BCUT2D eigenvalue weighted by Crippen LogP contribution is 2.29. The molecule has 116 valence electrons. The molecule has 0 aliphatic heterocycles. The van der Waals surface area contributed by atoms with Gasteiger partial charge in [-0.3, -0.25) is 0 Å². The van der Waals surface area contributed by atoms with Crippen LogP contribution in [0.15, 0.2) is 0 Å². The molecule has 0 aromatic heterocycles. The second kappa shape index (κ2) is 7.55. The summed E-state index contributed by atoms with van der Waals surface area (Å²) in [5.74, 6) is -13.1. The van der Waals surface area contributed by atoms with E-state index in [1.54, 1.807) is 0 Å². The molecule has 1 rings (SSSR count). The van der Waals surface area contributed by atoms with Crippen molar-refractivity contribution in [1.82, 2.24) is 0 Å². The van der Waals surface area contributed by atoms with Gasteiger partial charge in [-0.2, -0.15) is 8.78 Å². The molecule has 0 amide bonds. The van der Waals surface area contributed by atoms with Crippen molar-refractivity contribution < 1.29 is 41.0 Å². The lowest BCUT2D eigenvalue weighted by molar-refractivity contribution is -0.107. The van der Waals surface area contributed by atoms with Crippen LogP contribution in [0.5, 0.6) is 5.75 Å². The lowest BCUT2D eigenvalue weighted by atomic mass is 10.2. The Balaban J connectivity index is 2.71. The van der Waals surface area contributed by atoms with Crippen LogP contribution in [0.3, 0.4) is 0 Å². The van der Waals surface area contributed by atoms with E-state index in [-0.39, 0.29) is 19.4 Å². The first-order valence-electron chi connectivity index (χ1n) is 5.69. The predicted molar refractivity (Wildman–Crippen MR) is 58.1 cm³/mol. The minimum absolute atomic E-state index is 0.232. The highest BCUT2D eigenvalue weighted by atomic mass is 19.2. The van der Waals surface area contributed by atoms with E-state index < -0.39 is 41.0 Å². The quantitative estimate of drug-likeness (QED) is 0.154. The molecule has 9 heteroatoms. The van der Waals surface area contributed by atoms with Gasteiger partial charge in [0, 0.05) is 6.42 Å². The molecule has 0 bridgehead atoms. The van der Waals surface area contributed by atoms with E-state index >= 15 is 0 Å². The number of carbonyl (C=O) groups is 2. The van der Waals surface area contributed by atoms with Gasteiger partial charge < -0.3 is 14.3 Å². The second-order valence-electron chi connectivity index (χ2n) is 3.76. The Kier molecular flexibility index (Phi) is 6.07. The normalized spacial score (nSPS) is 10.3. The van der Waals surface area contributed by atoms with Crippen LogP contribution in [0.1, 0.15) is 19.3 Å². The number of ether oxygens (including phenoxy) is 2. The van der Waals surface area contributed by atoms with Gasteiger partial charge in [0.05, 0.1) is 6.61 Å². The molecule has 0 atom stereocenters. The van der Waals surface area contributed by atoms with Crippen molar-refractivity contribution in [3.63, 3.8) is 0 Å². The lowest BCUT2D eigenvalue weighted by Gasteiger charge is -2.09. The minimum atomic E-state index is -2.36. The van der Waals surface area contributed by atoms with Crippen LogP contribution in [0.2, 0.25) is 0 Å². The molecular formula is C12H9F5O4. The van der Waals surface area contributed by atoms with E-state index in [1.165, 1.54) is 0 Å². The Hall–Kier alpha value is -2.19. The first-order valence-corrected chi connectivity index (χ1v) is 5.69. The van der Waals surface area contributed by atoms with Crippen LogP contribution >= 0.6 is 0 Å². The summed E-state index contributed by atoms with van der Waals surface area (Å²) < 4.78 is 73.0. The molecule has 0 aliphatic rings. The van der Waals surface area contributed by atoms with Crippen LogP contribution in [0.25, 0.3) is 0 Å². The van der Waals surface area contributed by atoms with Crippen molar-refractivity contribution >= 4 is 12.4 Å². The monoisotopic (exact) mass is 312 g/mol. The standard InChI is InChI=1S/C12H9F5O4/c13-6-7(14)9(16)11(10(17)8(6)15)21-12(19)20-5-3-1-2-4-18/h4H,1-3,5H2. The van der Waals surface area contributed by atoms with Gasteiger partial charge in [0.1, 0.15) is 6.29 Å². The lowest BCUT2D eigenvalue weighted by Crippen LogP contribution is -2.15. The Morgan fingerprint density at radius 1 is 0.905 bits per heavy atom. The largest absolute Gasteiger partial charge is 0.514 e. The number of rotatable bonds is 6. The molecule has 0 aliphatic carbocycles. The molecule has 0 unspecified atom stereocenters. The summed E-state index contributed by atoms with van der Waals surface area (Å²) in [5.41, 5.74) is 0. The van der Waals surface area contributed by atoms with Gasteiger partial charge in [-0.25, -0.2) is 18.0 Å². The summed E-state index contributed by atoms with van der Waals surface area (Å²) in [5, 5.41) is 0. The highest BCUT2D eigenvalue weighted by molar-refractivity contribution is 5.64. The predicted octanol–water partition coefficient (Wildman–Crippen LogP) is 3.27. The summed E-state index contributed by atoms with van der Waals surface area (Å²) in [6.07, 6.45) is -0.0720. The molecule has 1 aromatic rings. The molecule has 0 radical (unpaired) electrons. The molecule has 0 saturated carbocycles. The smallest absolute Gasteiger partial charge is 0.434 e. The fourth-order valence-electron chi connectivity index (χ4n) is 1.27. The third-order valence-corrected chi connectivity index (χ3v) is 2.29. The second-order valence-corrected chi connectivity index (χ2v) is 3.76. The van der Waals surface area contributed by atoms with Crippen molar-refractivity contribution in [3.8, 4) is 5.75 Å². The Bertz CT molecular complexity index is 518. The Labute approximate surface area is 115 Å². The van der Waals surface area contributed by atoms with E-state index in [9.17, 15) is 31.5 Å². The fourth-order valence-corrected chi connectivity index (χ4v) is 1.27. The topological polar surface area (TPSA) is 52.6 Å². The van der Waals surface area contributed by atoms with Crippen molar-refractivity contribution in [1.29, 1.82) is 0 Å². The van der Waals surface area contributed by atoms with Crippen molar-refractivity contribution in [3.05, 3.63) is 29.1 Å². The Morgan fingerprint density at radius 3 is 1.95 bits per heavy atom. The van der Waals surface area contributed by atoms with Crippen LogP contribution in [-0.4, -0.2) is 19.0 Å². The van der Waals surface area contributed by atoms with Gasteiger partial charge in [0.2, 0.25) is 34.8 Å². The van der Waals surface area contributed by atoms with Crippen LogP contribution in [0, 0.1) is 29.1 Å². The molecular weight excluding hydrogens is 303 g/mol. The molecule has 0 heterocycles. The molecule has 21 heavy (non-hydrogen) atoms. The van der Waals surface area contributed by atoms with Gasteiger partial charge in [0.25, 0.3) is 0 Å². The van der Waals surface area contributed by atoms with Crippen molar-refractivity contribution in [2.24, 2.45) is 0 Å². The van der Waals surface area contributed by atoms with Gasteiger partial charge in [-0.15, -0.1) is 0 Å². The van der Waals surface area contributed by atoms with E-state index in [2.05, 4.69) is 9.47 Å². The van der Waals surface area contributed by atoms with E-state index in [0.29, 0.717) is 12.7 Å². The van der Waals surface area contributed by atoms with E-state index in [0.717, 1.165) is 0 Å². The van der Waals surface area contributed by atoms with Crippen molar-refractivity contribution in [2.75, 3.05) is 6.61 Å². The van der Waals surface area contributed by atoms with Gasteiger partial charge in [-0.1, -0.05) is 0 Å². The Morgan fingerprint density at radius 2 is 1.43 bits per heavy atom. The molecule has 0 N–H and O–H groups in total. The van der Waals surface area contributed by atoms with Gasteiger partial charge in [0.15, 0.2) is 0 Å². The maximum atomic E-state index is 13.2. The summed E-state index contributed by atoms with van der Waals surface area (Å²) in [6, 6.07) is 0. The number of halogens is 5. The number of hydrogen-bond acceptors (Lipinski definition) is 4. The van der Waals surface area contributed by atoms with Crippen LogP contribution in [-0.2, 0) is 9.53 Å². The average molecular weight is 312 g/mol. The number of hydrogen-bond donors (Lipinski definition) is 0. The summed E-state index contributed by atoms with van der Waals surface area (Å²) in [4.78, 5) is 21.1. The SMILES string of the molecule is O=CCCCCOC(=O)Oc1c(F)c(F)c(F)c(F)c1F. The van der Waals surface area contributed by atoms with E-state index in [4.69, 9.17) is 0 Å². The van der Waals surface area contributed by atoms with Gasteiger partial charge >= 0.3 is 6.16 Å². The zero-order valence-electron chi connectivity index (χ0n) is 10.4. The number of benzene rings is 1. The highest BCUT2D eigenvalue weighted by Gasteiger charge is 2.28. The minimum Gasteiger partial charge on any atom is -0.434 e. The average Bonchev–Trinajstić information content (AvgIpc) is 2.47. The molecule has 0 fully saturated rings. The van der Waals surface area contributed by atoms with Crippen molar-refractivity contribution in [2.45, 2.75) is 19.3 Å². The number of aldehydes is 1. The molecule has 1 aromatic carbocycles. The zero-order valence-corrected chi connectivity index (χ0v) is 10.4. The fraction of sp³-hybridized carbons (Fsp3) is 0.333.